The zero-order valence-corrected chi connectivity index (χ0v) is 18.6. The molecule has 1 aromatic heterocycles. The van der Waals surface area contributed by atoms with Gasteiger partial charge in [-0.15, -0.1) is 0 Å². The fraction of sp³-hybridized carbons (Fsp3) is 0.478. The van der Waals surface area contributed by atoms with Crippen molar-refractivity contribution in [3.63, 3.8) is 0 Å². The van der Waals surface area contributed by atoms with Gasteiger partial charge in [0.15, 0.2) is 5.43 Å². The van der Waals surface area contributed by atoms with Gasteiger partial charge in [-0.05, 0) is 43.4 Å². The van der Waals surface area contributed by atoms with Gasteiger partial charge in [0.05, 0.1) is 23.9 Å². The van der Waals surface area contributed by atoms with Gasteiger partial charge >= 0.3 is 5.97 Å². The lowest BCUT2D eigenvalue weighted by molar-refractivity contribution is 0.0523. The molecule has 7 heteroatoms. The van der Waals surface area contributed by atoms with Gasteiger partial charge in [0.25, 0.3) is 0 Å². The van der Waals surface area contributed by atoms with Gasteiger partial charge in [-0.2, -0.15) is 0 Å². The highest BCUT2D eigenvalue weighted by Gasteiger charge is 2.28. The topological polar surface area (TPSA) is 66.8 Å². The quantitative estimate of drug-likeness (QED) is 0.452. The number of methoxy groups -OCH3 is 1. The van der Waals surface area contributed by atoms with E-state index in [1.807, 2.05) is 16.7 Å². The van der Waals surface area contributed by atoms with Gasteiger partial charge in [0.2, 0.25) is 0 Å². The van der Waals surface area contributed by atoms with E-state index in [0.29, 0.717) is 29.9 Å². The van der Waals surface area contributed by atoms with Crippen molar-refractivity contribution in [2.75, 3.05) is 26.9 Å². The van der Waals surface area contributed by atoms with Crippen molar-refractivity contribution in [3.8, 4) is 17.0 Å². The average Bonchev–Trinajstić information content (AvgIpc) is 2.68. The molecule has 1 aromatic carbocycles. The standard InChI is InChI=1S/C23H28ClNO5/c1-5-29-23(27)18-13-25-16(8-14(2)3)9-15-10-22(30-7-6-28-4)19(24)11-17(15)20(25)12-21(18)26/h10-14,16H,5-9H2,1-4H3. The number of pyridine rings is 1. The predicted octanol–water partition coefficient (Wildman–Crippen LogP) is 4.51. The Morgan fingerprint density at radius 2 is 2.03 bits per heavy atom. The number of carbonyl (C=O) groups is 1. The number of nitrogens with zero attached hydrogens (tertiary/aromatic N) is 1. The van der Waals surface area contributed by atoms with Crippen LogP contribution in [0, 0.1) is 5.92 Å². The molecule has 0 aliphatic carbocycles. The molecule has 1 atom stereocenters. The van der Waals surface area contributed by atoms with Crippen LogP contribution in [0.3, 0.4) is 0 Å². The molecule has 1 unspecified atom stereocenters. The number of esters is 1. The summed E-state index contributed by atoms with van der Waals surface area (Å²) in [5, 5.41) is 0.473. The highest BCUT2D eigenvalue weighted by Crippen LogP contribution is 2.41. The van der Waals surface area contributed by atoms with Crippen LogP contribution in [0.2, 0.25) is 5.02 Å². The molecule has 0 saturated heterocycles. The van der Waals surface area contributed by atoms with Crippen molar-refractivity contribution < 1.29 is 19.0 Å². The normalized spacial score (nSPS) is 14.9. The molecule has 0 amide bonds. The van der Waals surface area contributed by atoms with Crippen LogP contribution in [0.25, 0.3) is 11.3 Å². The second kappa shape index (κ2) is 9.67. The molecule has 3 rings (SSSR count). The minimum atomic E-state index is -0.591. The van der Waals surface area contributed by atoms with Crippen molar-refractivity contribution in [2.24, 2.45) is 5.92 Å². The van der Waals surface area contributed by atoms with E-state index in [4.69, 9.17) is 25.8 Å². The second-order valence-corrected chi connectivity index (χ2v) is 8.24. The lowest BCUT2D eigenvalue weighted by Crippen LogP contribution is -2.27. The average molecular weight is 434 g/mol. The van der Waals surface area contributed by atoms with Crippen LogP contribution < -0.4 is 10.2 Å². The first kappa shape index (κ1) is 22.4. The van der Waals surface area contributed by atoms with Gasteiger partial charge in [-0.1, -0.05) is 25.4 Å². The summed E-state index contributed by atoms with van der Waals surface area (Å²) >= 11 is 6.46. The highest BCUT2D eigenvalue weighted by atomic mass is 35.5. The molecule has 2 aromatic rings. The summed E-state index contributed by atoms with van der Waals surface area (Å²) in [5.74, 6) is 0.459. The number of carbonyl (C=O) groups excluding carboxylic acids is 1. The van der Waals surface area contributed by atoms with Crippen molar-refractivity contribution in [1.82, 2.24) is 4.57 Å². The molecular formula is C23H28ClNO5. The minimum Gasteiger partial charge on any atom is -0.490 e. The summed E-state index contributed by atoms with van der Waals surface area (Å²) in [6.07, 6.45) is 3.30. The number of fused-ring (bicyclic) bond motifs is 3. The molecule has 1 aliphatic rings. The third-order valence-electron chi connectivity index (χ3n) is 5.15. The zero-order chi connectivity index (χ0) is 21.8. The van der Waals surface area contributed by atoms with Crippen molar-refractivity contribution >= 4 is 17.6 Å². The minimum absolute atomic E-state index is 0.0587. The number of aromatic nitrogens is 1. The first-order valence-electron chi connectivity index (χ1n) is 10.2. The summed E-state index contributed by atoms with van der Waals surface area (Å²) in [4.78, 5) is 25.0. The van der Waals surface area contributed by atoms with E-state index in [1.54, 1.807) is 20.2 Å². The van der Waals surface area contributed by atoms with E-state index in [2.05, 4.69) is 13.8 Å². The summed E-state index contributed by atoms with van der Waals surface area (Å²) in [7, 11) is 1.62. The number of rotatable bonds is 8. The Morgan fingerprint density at radius 3 is 2.70 bits per heavy atom. The van der Waals surface area contributed by atoms with E-state index in [-0.39, 0.29) is 23.6 Å². The van der Waals surface area contributed by atoms with E-state index in [1.165, 1.54) is 6.07 Å². The molecule has 162 valence electrons. The monoisotopic (exact) mass is 433 g/mol. The van der Waals surface area contributed by atoms with Crippen molar-refractivity contribution in [3.05, 3.63) is 50.8 Å². The fourth-order valence-corrected chi connectivity index (χ4v) is 4.09. The Labute approximate surface area is 181 Å². The molecular weight excluding hydrogens is 406 g/mol. The molecule has 0 fully saturated rings. The van der Waals surface area contributed by atoms with Crippen LogP contribution in [-0.2, 0) is 15.9 Å². The molecule has 6 nitrogen and oxygen atoms in total. The number of hydrogen-bond acceptors (Lipinski definition) is 5. The Kier molecular flexibility index (Phi) is 7.21. The van der Waals surface area contributed by atoms with Crippen LogP contribution in [0.5, 0.6) is 5.75 Å². The molecule has 0 saturated carbocycles. The molecule has 0 N–H and O–H groups in total. The van der Waals surface area contributed by atoms with E-state index >= 15 is 0 Å². The van der Waals surface area contributed by atoms with Crippen molar-refractivity contribution in [1.29, 1.82) is 0 Å². The Balaban J connectivity index is 2.10. The van der Waals surface area contributed by atoms with Crippen LogP contribution in [-0.4, -0.2) is 37.5 Å². The summed E-state index contributed by atoms with van der Waals surface area (Å²) < 4.78 is 17.9. The summed E-state index contributed by atoms with van der Waals surface area (Å²) in [6, 6.07) is 5.40. The summed E-state index contributed by atoms with van der Waals surface area (Å²) in [6.45, 7) is 7.14. The zero-order valence-electron chi connectivity index (χ0n) is 17.9. The number of benzene rings is 1. The first-order chi connectivity index (χ1) is 14.3. The van der Waals surface area contributed by atoms with E-state index in [0.717, 1.165) is 29.7 Å². The summed E-state index contributed by atoms with van der Waals surface area (Å²) in [5.41, 5.74) is 2.41. The van der Waals surface area contributed by atoms with Gasteiger partial charge < -0.3 is 18.8 Å². The predicted molar refractivity (Wildman–Crippen MR) is 117 cm³/mol. The fourth-order valence-electron chi connectivity index (χ4n) is 3.87. The van der Waals surface area contributed by atoms with Crippen molar-refractivity contribution in [2.45, 2.75) is 39.7 Å². The molecule has 0 bridgehead atoms. The molecule has 2 heterocycles. The van der Waals surface area contributed by atoms with Gasteiger partial charge in [0.1, 0.15) is 17.9 Å². The third-order valence-corrected chi connectivity index (χ3v) is 5.44. The van der Waals surface area contributed by atoms with Crippen LogP contribution in [0.4, 0.5) is 0 Å². The number of ether oxygens (including phenoxy) is 3. The lowest BCUT2D eigenvalue weighted by Gasteiger charge is -2.32. The maximum Gasteiger partial charge on any atom is 0.343 e. The number of hydrogen-bond donors (Lipinski definition) is 0. The maximum atomic E-state index is 12.7. The molecule has 0 spiro atoms. The maximum absolute atomic E-state index is 12.7. The smallest absolute Gasteiger partial charge is 0.343 e. The van der Waals surface area contributed by atoms with E-state index < -0.39 is 5.97 Å². The molecule has 30 heavy (non-hydrogen) atoms. The van der Waals surface area contributed by atoms with E-state index in [9.17, 15) is 9.59 Å². The number of halogens is 1. The highest BCUT2D eigenvalue weighted by molar-refractivity contribution is 6.32. The Morgan fingerprint density at radius 1 is 1.27 bits per heavy atom. The van der Waals surface area contributed by atoms with Crippen LogP contribution >= 0.6 is 11.6 Å². The Hall–Kier alpha value is -2.31. The molecule has 0 radical (unpaired) electrons. The van der Waals surface area contributed by atoms with Crippen LogP contribution in [0.15, 0.2) is 29.2 Å². The Bertz CT molecular complexity index is 982. The van der Waals surface area contributed by atoms with Gasteiger partial charge in [-0.3, -0.25) is 4.79 Å². The lowest BCUT2D eigenvalue weighted by atomic mass is 9.88. The van der Waals surface area contributed by atoms with Gasteiger partial charge in [0, 0.05) is 31.0 Å². The third kappa shape index (κ3) is 4.71. The van der Waals surface area contributed by atoms with Gasteiger partial charge in [-0.25, -0.2) is 4.79 Å². The SMILES string of the molecule is CCOC(=O)c1cn2c(cc1=O)-c1cc(Cl)c(OCCOC)cc1CC2CC(C)C. The first-order valence-corrected chi connectivity index (χ1v) is 10.6. The largest absolute Gasteiger partial charge is 0.490 e. The molecule has 1 aliphatic heterocycles. The second-order valence-electron chi connectivity index (χ2n) is 7.83. The van der Waals surface area contributed by atoms with Crippen LogP contribution in [0.1, 0.15) is 49.2 Å².